The molecule has 0 aliphatic carbocycles. The number of aliphatic hydroxyl groups is 1. The van der Waals surface area contributed by atoms with Crippen molar-refractivity contribution < 1.29 is 36.9 Å². The van der Waals surface area contributed by atoms with Crippen molar-refractivity contribution in [1.29, 1.82) is 0 Å². The number of rotatable bonds is 7. The van der Waals surface area contributed by atoms with Gasteiger partial charge in [0.2, 0.25) is 11.2 Å². The van der Waals surface area contributed by atoms with Gasteiger partial charge in [0, 0.05) is 25.7 Å². The lowest BCUT2D eigenvalue weighted by Gasteiger charge is -2.28. The van der Waals surface area contributed by atoms with Gasteiger partial charge in [-0.1, -0.05) is 12.1 Å². The zero-order valence-electron chi connectivity index (χ0n) is 18.4. The van der Waals surface area contributed by atoms with Gasteiger partial charge in [-0.05, 0) is 36.8 Å². The van der Waals surface area contributed by atoms with Crippen molar-refractivity contribution in [3.63, 3.8) is 0 Å². The van der Waals surface area contributed by atoms with Gasteiger partial charge in [-0.2, -0.15) is 13.2 Å². The molecular weight excluding hydrogens is 455 g/mol. The van der Waals surface area contributed by atoms with Crippen LogP contribution in [0.25, 0.3) is 11.0 Å². The van der Waals surface area contributed by atoms with E-state index in [2.05, 4.69) is 0 Å². The Kier molecular flexibility index (Phi) is 7.11. The summed E-state index contributed by atoms with van der Waals surface area (Å²) >= 11 is 0. The molecule has 0 spiro atoms. The van der Waals surface area contributed by atoms with E-state index < -0.39 is 29.2 Å². The lowest BCUT2D eigenvalue weighted by molar-refractivity contribution is -0.154. The highest BCUT2D eigenvalue weighted by atomic mass is 19.4. The molecule has 1 aromatic heterocycles. The molecular formula is C24H24F3NO6. The molecule has 2 heterocycles. The second-order valence-corrected chi connectivity index (χ2v) is 8.04. The lowest BCUT2D eigenvalue weighted by atomic mass is 10.2. The normalized spacial score (nSPS) is 15.9. The number of ether oxygens (including phenoxy) is 3. The lowest BCUT2D eigenvalue weighted by Crippen LogP contribution is -2.42. The molecule has 3 aromatic rings. The average Bonchev–Trinajstić information content (AvgIpc) is 2.79. The number of nitrogens with zero attached hydrogens (tertiary/aromatic N) is 1. The van der Waals surface area contributed by atoms with Crippen LogP contribution >= 0.6 is 0 Å². The molecule has 182 valence electrons. The third kappa shape index (κ3) is 5.69. The Morgan fingerprint density at radius 2 is 1.88 bits per heavy atom. The number of alkyl halides is 3. The van der Waals surface area contributed by atoms with E-state index in [1.165, 1.54) is 30.3 Å². The van der Waals surface area contributed by atoms with E-state index in [1.54, 1.807) is 19.1 Å². The van der Waals surface area contributed by atoms with Crippen LogP contribution in [0.3, 0.4) is 0 Å². The Hall–Kier alpha value is -3.08. The van der Waals surface area contributed by atoms with Crippen molar-refractivity contribution >= 4 is 11.0 Å². The highest BCUT2D eigenvalue weighted by Gasteiger charge is 2.40. The molecule has 1 aliphatic heterocycles. The van der Waals surface area contributed by atoms with Gasteiger partial charge >= 0.3 is 6.18 Å². The fraction of sp³-hybridized carbons (Fsp3) is 0.375. The van der Waals surface area contributed by atoms with Gasteiger partial charge in [0.05, 0.1) is 18.6 Å². The van der Waals surface area contributed by atoms with Crippen molar-refractivity contribution in [2.45, 2.75) is 19.2 Å². The predicted molar refractivity (Wildman–Crippen MR) is 117 cm³/mol. The zero-order chi connectivity index (χ0) is 24.3. The first-order chi connectivity index (χ1) is 16.2. The number of halogens is 3. The van der Waals surface area contributed by atoms with Crippen LogP contribution in [-0.4, -0.2) is 55.6 Å². The van der Waals surface area contributed by atoms with Gasteiger partial charge < -0.3 is 23.7 Å². The molecule has 0 amide bonds. The smallest absolute Gasteiger partial charge is 0.453 e. The van der Waals surface area contributed by atoms with Crippen LogP contribution in [0.15, 0.2) is 51.7 Å². The first-order valence-corrected chi connectivity index (χ1v) is 10.7. The summed E-state index contributed by atoms with van der Waals surface area (Å²) in [6.07, 6.45) is -5.77. The molecule has 1 aliphatic rings. The summed E-state index contributed by atoms with van der Waals surface area (Å²) in [6, 6.07) is 10.3. The maximum atomic E-state index is 13.7. The summed E-state index contributed by atoms with van der Waals surface area (Å²) in [5.41, 5.74) is -0.489. The largest absolute Gasteiger partial charge is 0.491 e. The van der Waals surface area contributed by atoms with Crippen molar-refractivity contribution in [2.75, 3.05) is 39.5 Å². The van der Waals surface area contributed by atoms with Crippen LogP contribution < -0.4 is 14.9 Å². The summed E-state index contributed by atoms with van der Waals surface area (Å²) in [5.74, 6) is -2.21. The molecule has 34 heavy (non-hydrogen) atoms. The monoisotopic (exact) mass is 479 g/mol. The first kappa shape index (κ1) is 24.1. The van der Waals surface area contributed by atoms with Gasteiger partial charge in [0.15, 0.2) is 0 Å². The fourth-order valence-electron chi connectivity index (χ4n) is 3.65. The van der Waals surface area contributed by atoms with Crippen LogP contribution in [0, 0.1) is 6.92 Å². The maximum absolute atomic E-state index is 13.7. The summed E-state index contributed by atoms with van der Waals surface area (Å²) in [7, 11) is 0. The zero-order valence-corrected chi connectivity index (χ0v) is 18.4. The van der Waals surface area contributed by atoms with E-state index in [-0.39, 0.29) is 29.1 Å². The van der Waals surface area contributed by atoms with E-state index >= 15 is 0 Å². The minimum absolute atomic E-state index is 0.0756. The van der Waals surface area contributed by atoms with E-state index in [1.807, 2.05) is 4.90 Å². The van der Waals surface area contributed by atoms with Gasteiger partial charge in [0.1, 0.15) is 29.8 Å². The summed E-state index contributed by atoms with van der Waals surface area (Å²) in [5, 5.41) is 10.1. The Balaban J connectivity index is 1.58. The number of aliphatic hydroxyl groups excluding tert-OH is 1. The molecule has 7 nitrogen and oxygen atoms in total. The molecule has 10 heteroatoms. The van der Waals surface area contributed by atoms with Crippen LogP contribution in [0.4, 0.5) is 13.2 Å². The number of β-amino-alcohol motifs (C(OH)–C–C–N with tert-alkyl or cyclic N) is 1. The Morgan fingerprint density at radius 3 is 2.59 bits per heavy atom. The number of morpholine rings is 1. The molecule has 1 unspecified atom stereocenters. The molecule has 0 bridgehead atoms. The molecule has 0 saturated carbocycles. The highest BCUT2D eigenvalue weighted by molar-refractivity contribution is 5.79. The Morgan fingerprint density at radius 1 is 1.12 bits per heavy atom. The average molecular weight is 479 g/mol. The minimum atomic E-state index is -4.96. The molecule has 1 fully saturated rings. The summed E-state index contributed by atoms with van der Waals surface area (Å²) in [4.78, 5) is 14.9. The first-order valence-electron chi connectivity index (χ1n) is 10.7. The van der Waals surface area contributed by atoms with Crippen molar-refractivity contribution in [1.82, 2.24) is 4.90 Å². The number of hydrogen-bond acceptors (Lipinski definition) is 7. The standard InChI is InChI=1S/C24H24F3NO6/c1-15-3-2-4-18(11-15)33-22-21(30)19-6-5-17(12-20(19)34-23(22)24(25,26)27)32-14-16(29)13-28-7-9-31-10-8-28/h2-6,11-12,16,29H,7-10,13-14H2,1H3. The molecule has 4 rings (SSSR count). The number of benzene rings is 2. The van der Waals surface area contributed by atoms with Gasteiger partial charge in [-0.25, -0.2) is 0 Å². The third-order valence-electron chi connectivity index (χ3n) is 5.30. The third-order valence-corrected chi connectivity index (χ3v) is 5.30. The van der Waals surface area contributed by atoms with Gasteiger partial charge in [0.25, 0.3) is 5.76 Å². The predicted octanol–water partition coefficient (Wildman–Crippen LogP) is 3.98. The molecule has 2 aromatic carbocycles. The van der Waals surface area contributed by atoms with Crippen LogP contribution in [0.5, 0.6) is 17.2 Å². The maximum Gasteiger partial charge on any atom is 0.453 e. The van der Waals surface area contributed by atoms with Crippen molar-refractivity contribution in [3.05, 3.63) is 64.0 Å². The second kappa shape index (κ2) is 10.0. The highest BCUT2D eigenvalue weighted by Crippen LogP contribution is 2.38. The number of fused-ring (bicyclic) bond motifs is 1. The SMILES string of the molecule is Cc1cccc(Oc2c(C(F)(F)F)oc3cc(OCC(O)CN4CCOCC4)ccc3c2=O)c1. The summed E-state index contributed by atoms with van der Waals surface area (Å²) in [6.45, 7) is 4.64. The molecule has 0 radical (unpaired) electrons. The van der Waals surface area contributed by atoms with Crippen molar-refractivity contribution in [3.8, 4) is 17.2 Å². The van der Waals surface area contributed by atoms with Gasteiger partial charge in [-0.15, -0.1) is 0 Å². The number of hydrogen-bond donors (Lipinski definition) is 1. The Bertz CT molecular complexity index is 1200. The van der Waals surface area contributed by atoms with E-state index in [4.69, 9.17) is 18.6 Å². The van der Waals surface area contributed by atoms with Crippen LogP contribution in [0.1, 0.15) is 11.3 Å². The van der Waals surface area contributed by atoms with E-state index in [9.17, 15) is 23.1 Å². The van der Waals surface area contributed by atoms with E-state index in [0.29, 0.717) is 32.8 Å². The Labute approximate surface area is 193 Å². The van der Waals surface area contributed by atoms with Gasteiger partial charge in [-0.3, -0.25) is 9.69 Å². The summed E-state index contributed by atoms with van der Waals surface area (Å²) < 4.78 is 62.4. The molecule has 1 saturated heterocycles. The molecule has 1 atom stereocenters. The quantitative estimate of drug-likeness (QED) is 0.549. The minimum Gasteiger partial charge on any atom is -0.491 e. The van der Waals surface area contributed by atoms with E-state index in [0.717, 1.165) is 5.56 Å². The fourth-order valence-corrected chi connectivity index (χ4v) is 3.65. The number of aryl methyl sites for hydroxylation is 1. The topological polar surface area (TPSA) is 81.4 Å². The molecule has 1 N–H and O–H groups in total. The van der Waals surface area contributed by atoms with Crippen LogP contribution in [0.2, 0.25) is 0 Å². The van der Waals surface area contributed by atoms with Crippen molar-refractivity contribution in [2.24, 2.45) is 0 Å². The van der Waals surface area contributed by atoms with Crippen LogP contribution in [-0.2, 0) is 10.9 Å². The second-order valence-electron chi connectivity index (χ2n) is 8.04.